The second kappa shape index (κ2) is 7.29. The van der Waals surface area contributed by atoms with Crippen LogP contribution in [0.25, 0.3) is 0 Å². The first-order valence-electron chi connectivity index (χ1n) is 6.84. The molecule has 7 heteroatoms. The summed E-state index contributed by atoms with van der Waals surface area (Å²) in [5.41, 5.74) is 5.28. The van der Waals surface area contributed by atoms with Gasteiger partial charge in [0.2, 0.25) is 10.0 Å². The van der Waals surface area contributed by atoms with Gasteiger partial charge >= 0.3 is 0 Å². The van der Waals surface area contributed by atoms with Crippen molar-refractivity contribution in [3.8, 4) is 0 Å². The van der Waals surface area contributed by atoms with Crippen molar-refractivity contribution in [3.63, 3.8) is 0 Å². The number of hydrogen-bond donors (Lipinski definition) is 1. The maximum absolute atomic E-state index is 13.9. The van der Waals surface area contributed by atoms with Crippen LogP contribution < -0.4 is 5.73 Å². The van der Waals surface area contributed by atoms with E-state index in [1.165, 1.54) is 16.4 Å². The van der Waals surface area contributed by atoms with Crippen molar-refractivity contribution < 1.29 is 12.8 Å². The zero-order chi connectivity index (χ0) is 16.2. The molecule has 0 amide bonds. The fourth-order valence-electron chi connectivity index (χ4n) is 1.97. The highest BCUT2D eigenvalue weighted by atomic mass is 32.2. The molecule has 1 atom stereocenters. The summed E-state index contributed by atoms with van der Waals surface area (Å²) in [6, 6.07) is 3.84. The molecule has 21 heavy (non-hydrogen) atoms. The molecule has 0 bridgehead atoms. The zero-order valence-electron chi connectivity index (χ0n) is 12.5. The predicted octanol–water partition coefficient (Wildman–Crippen LogP) is 2.52. The highest BCUT2D eigenvalue weighted by Crippen LogP contribution is 2.23. The van der Waals surface area contributed by atoms with Crippen LogP contribution in [0.2, 0.25) is 0 Å². The van der Waals surface area contributed by atoms with Gasteiger partial charge in [-0.1, -0.05) is 45.5 Å². The lowest BCUT2D eigenvalue weighted by molar-refractivity contribution is 0.361. The van der Waals surface area contributed by atoms with Gasteiger partial charge in [0.25, 0.3) is 0 Å². The van der Waals surface area contributed by atoms with Crippen molar-refractivity contribution in [1.82, 2.24) is 4.31 Å². The molecule has 0 heterocycles. The number of hydrogen-bond acceptors (Lipinski definition) is 3. The Morgan fingerprint density at radius 2 is 2.05 bits per heavy atom. The minimum Gasteiger partial charge on any atom is -0.389 e. The Morgan fingerprint density at radius 1 is 1.43 bits per heavy atom. The van der Waals surface area contributed by atoms with Gasteiger partial charge in [0.05, 0.1) is 10.5 Å². The average molecular weight is 332 g/mol. The SMILES string of the molecule is CCC(C)CN(CC)S(=O)(=O)c1cccc(F)c1C(N)=S. The van der Waals surface area contributed by atoms with E-state index in [1.807, 2.05) is 13.8 Å². The lowest BCUT2D eigenvalue weighted by Crippen LogP contribution is -2.35. The predicted molar refractivity (Wildman–Crippen MR) is 86.2 cm³/mol. The second-order valence-electron chi connectivity index (χ2n) is 4.95. The zero-order valence-corrected chi connectivity index (χ0v) is 14.1. The molecule has 2 N–H and O–H groups in total. The van der Waals surface area contributed by atoms with E-state index in [2.05, 4.69) is 0 Å². The number of rotatable bonds is 7. The van der Waals surface area contributed by atoms with Crippen molar-refractivity contribution >= 4 is 27.2 Å². The number of sulfonamides is 1. The first-order valence-corrected chi connectivity index (χ1v) is 8.68. The average Bonchev–Trinajstić information content (AvgIpc) is 2.43. The van der Waals surface area contributed by atoms with E-state index >= 15 is 0 Å². The summed E-state index contributed by atoms with van der Waals surface area (Å²) in [7, 11) is -3.83. The number of halogens is 1. The molecule has 0 aromatic heterocycles. The third kappa shape index (κ3) is 3.99. The molecule has 0 saturated heterocycles. The monoisotopic (exact) mass is 332 g/mol. The largest absolute Gasteiger partial charge is 0.389 e. The lowest BCUT2D eigenvalue weighted by Gasteiger charge is -2.24. The molecule has 0 radical (unpaired) electrons. The van der Waals surface area contributed by atoms with Gasteiger partial charge in [-0.25, -0.2) is 12.8 Å². The summed E-state index contributed by atoms with van der Waals surface area (Å²) in [5.74, 6) is -0.510. The summed E-state index contributed by atoms with van der Waals surface area (Å²) in [6.45, 7) is 6.40. The van der Waals surface area contributed by atoms with Gasteiger partial charge in [-0.2, -0.15) is 4.31 Å². The molecule has 1 unspecified atom stereocenters. The molecular formula is C14H21FN2O2S2. The molecule has 1 aromatic rings. The van der Waals surface area contributed by atoms with E-state index in [9.17, 15) is 12.8 Å². The van der Waals surface area contributed by atoms with E-state index in [4.69, 9.17) is 18.0 Å². The van der Waals surface area contributed by atoms with Gasteiger partial charge in [-0.15, -0.1) is 0 Å². The van der Waals surface area contributed by atoms with Crippen molar-refractivity contribution in [2.45, 2.75) is 32.1 Å². The van der Waals surface area contributed by atoms with E-state index in [1.54, 1.807) is 6.92 Å². The Kier molecular flexibility index (Phi) is 6.24. The normalized spacial score (nSPS) is 13.4. The molecule has 0 saturated carbocycles. The van der Waals surface area contributed by atoms with Crippen LogP contribution >= 0.6 is 12.2 Å². The number of nitrogens with zero attached hydrogens (tertiary/aromatic N) is 1. The van der Waals surface area contributed by atoms with Gasteiger partial charge in [0, 0.05) is 13.1 Å². The molecule has 118 valence electrons. The van der Waals surface area contributed by atoms with Crippen molar-refractivity contribution in [3.05, 3.63) is 29.6 Å². The summed E-state index contributed by atoms with van der Waals surface area (Å²) in [5, 5.41) is 0. The van der Waals surface area contributed by atoms with E-state index in [0.29, 0.717) is 13.1 Å². The van der Waals surface area contributed by atoms with Crippen LogP contribution in [0.3, 0.4) is 0 Å². The fraction of sp³-hybridized carbons (Fsp3) is 0.500. The van der Waals surface area contributed by atoms with Crippen LogP contribution in [0, 0.1) is 11.7 Å². The summed E-state index contributed by atoms with van der Waals surface area (Å²) < 4.78 is 40.7. The smallest absolute Gasteiger partial charge is 0.243 e. The highest BCUT2D eigenvalue weighted by molar-refractivity contribution is 7.89. The molecule has 0 aliphatic heterocycles. The van der Waals surface area contributed by atoms with Gasteiger partial charge < -0.3 is 5.73 Å². The molecule has 0 aliphatic carbocycles. The molecule has 4 nitrogen and oxygen atoms in total. The Bertz CT molecular complexity index is 617. The Morgan fingerprint density at radius 3 is 2.52 bits per heavy atom. The van der Waals surface area contributed by atoms with Crippen LogP contribution in [-0.4, -0.2) is 30.8 Å². The van der Waals surface area contributed by atoms with Crippen LogP contribution in [0.1, 0.15) is 32.8 Å². The van der Waals surface area contributed by atoms with Crippen molar-refractivity contribution in [1.29, 1.82) is 0 Å². The standard InChI is InChI=1S/C14H21FN2O2S2/c1-4-10(3)9-17(5-2)21(18,19)12-8-6-7-11(15)13(12)14(16)20/h6-8,10H,4-5,9H2,1-3H3,(H2,16,20). The molecule has 1 aromatic carbocycles. The van der Waals surface area contributed by atoms with Gasteiger partial charge in [-0.3, -0.25) is 0 Å². The highest BCUT2D eigenvalue weighted by Gasteiger charge is 2.29. The van der Waals surface area contributed by atoms with Crippen LogP contribution in [0.5, 0.6) is 0 Å². The van der Waals surface area contributed by atoms with E-state index in [0.717, 1.165) is 12.5 Å². The van der Waals surface area contributed by atoms with Gasteiger partial charge in [-0.05, 0) is 18.1 Å². The third-order valence-corrected chi connectivity index (χ3v) is 5.59. The lowest BCUT2D eigenvalue weighted by atomic mass is 10.1. The van der Waals surface area contributed by atoms with Gasteiger partial charge in [0.15, 0.2) is 0 Å². The maximum Gasteiger partial charge on any atom is 0.243 e. The Labute approximate surface area is 131 Å². The van der Waals surface area contributed by atoms with Crippen molar-refractivity contribution in [2.24, 2.45) is 11.7 Å². The van der Waals surface area contributed by atoms with Gasteiger partial charge in [0.1, 0.15) is 10.8 Å². The summed E-state index contributed by atoms with van der Waals surface area (Å²) in [6.07, 6.45) is 0.858. The quantitative estimate of drug-likeness (QED) is 0.779. The molecule has 0 spiro atoms. The molecule has 1 rings (SSSR count). The topological polar surface area (TPSA) is 63.4 Å². The van der Waals surface area contributed by atoms with Crippen LogP contribution in [0.15, 0.2) is 23.1 Å². The second-order valence-corrected chi connectivity index (χ2v) is 7.29. The number of thiocarbonyl (C=S) groups is 1. The third-order valence-electron chi connectivity index (χ3n) is 3.40. The van der Waals surface area contributed by atoms with Crippen LogP contribution in [0.4, 0.5) is 4.39 Å². The summed E-state index contributed by atoms with van der Waals surface area (Å²) in [4.78, 5) is -0.425. The number of benzene rings is 1. The van der Waals surface area contributed by atoms with E-state index < -0.39 is 15.8 Å². The first-order chi connectivity index (χ1) is 9.75. The molecular weight excluding hydrogens is 311 g/mol. The van der Waals surface area contributed by atoms with E-state index in [-0.39, 0.29) is 21.4 Å². The molecule has 0 aliphatic rings. The number of nitrogens with two attached hydrogens (primary N) is 1. The Hall–Kier alpha value is -1.05. The maximum atomic E-state index is 13.9. The minimum absolute atomic E-state index is 0.167. The minimum atomic E-state index is -3.83. The van der Waals surface area contributed by atoms with Crippen LogP contribution in [-0.2, 0) is 10.0 Å². The first kappa shape index (κ1) is 18.0. The van der Waals surface area contributed by atoms with Crippen molar-refractivity contribution in [2.75, 3.05) is 13.1 Å². The fourth-order valence-corrected chi connectivity index (χ4v) is 4.03. The Balaban J connectivity index is 3.36. The summed E-state index contributed by atoms with van der Waals surface area (Å²) >= 11 is 4.79. The molecule has 0 fully saturated rings.